The molecule has 0 aliphatic heterocycles. The van der Waals surface area contributed by atoms with E-state index < -0.39 is 10.0 Å². The van der Waals surface area contributed by atoms with Crippen molar-refractivity contribution in [2.45, 2.75) is 38.1 Å². The third-order valence-electron chi connectivity index (χ3n) is 4.19. The molecule has 0 radical (unpaired) electrons. The van der Waals surface area contributed by atoms with Gasteiger partial charge in [0.15, 0.2) is 0 Å². The van der Waals surface area contributed by atoms with Gasteiger partial charge in [-0.2, -0.15) is 0 Å². The molecular formula is C20H26N2O3S. The Hall–Kier alpha value is -2.18. The maximum absolute atomic E-state index is 12.5. The van der Waals surface area contributed by atoms with Crippen molar-refractivity contribution in [2.75, 3.05) is 13.6 Å². The summed E-state index contributed by atoms with van der Waals surface area (Å²) in [5, 5.41) is 2.85. The SMILES string of the molecule is CCCCN(C)S(=O)(=O)c1ccc(C(=O)NCc2cccc(C)c2)cc1. The van der Waals surface area contributed by atoms with Gasteiger partial charge in [-0.3, -0.25) is 4.79 Å². The molecule has 26 heavy (non-hydrogen) atoms. The maximum atomic E-state index is 12.5. The highest BCUT2D eigenvalue weighted by Gasteiger charge is 2.20. The van der Waals surface area contributed by atoms with E-state index >= 15 is 0 Å². The number of sulfonamides is 1. The van der Waals surface area contributed by atoms with Gasteiger partial charge in [0.1, 0.15) is 0 Å². The van der Waals surface area contributed by atoms with E-state index in [-0.39, 0.29) is 10.8 Å². The number of hydrogen-bond donors (Lipinski definition) is 1. The number of nitrogens with zero attached hydrogens (tertiary/aromatic N) is 1. The molecule has 0 unspecified atom stereocenters. The van der Waals surface area contributed by atoms with Crippen molar-refractivity contribution in [1.29, 1.82) is 0 Å². The Morgan fingerprint density at radius 3 is 2.42 bits per heavy atom. The predicted octanol–water partition coefficient (Wildman–Crippen LogP) is 3.35. The summed E-state index contributed by atoms with van der Waals surface area (Å²) in [6, 6.07) is 14.0. The minimum Gasteiger partial charge on any atom is -0.348 e. The highest BCUT2D eigenvalue weighted by molar-refractivity contribution is 7.89. The van der Waals surface area contributed by atoms with Crippen molar-refractivity contribution < 1.29 is 13.2 Å². The highest BCUT2D eigenvalue weighted by Crippen LogP contribution is 2.16. The monoisotopic (exact) mass is 374 g/mol. The number of unbranched alkanes of at least 4 members (excludes halogenated alkanes) is 1. The van der Waals surface area contributed by atoms with Gasteiger partial charge in [0.2, 0.25) is 10.0 Å². The van der Waals surface area contributed by atoms with E-state index in [1.54, 1.807) is 19.2 Å². The van der Waals surface area contributed by atoms with Crippen LogP contribution >= 0.6 is 0 Å². The Morgan fingerprint density at radius 1 is 1.12 bits per heavy atom. The van der Waals surface area contributed by atoms with Crippen LogP contribution in [0.2, 0.25) is 0 Å². The molecule has 0 saturated heterocycles. The molecule has 0 bridgehead atoms. The molecule has 6 heteroatoms. The van der Waals surface area contributed by atoms with Crippen LogP contribution in [0.25, 0.3) is 0 Å². The second-order valence-electron chi connectivity index (χ2n) is 6.38. The largest absolute Gasteiger partial charge is 0.348 e. The van der Waals surface area contributed by atoms with Crippen molar-refractivity contribution in [1.82, 2.24) is 9.62 Å². The molecule has 0 saturated carbocycles. The number of hydrogen-bond acceptors (Lipinski definition) is 3. The number of carbonyl (C=O) groups is 1. The van der Waals surface area contributed by atoms with Crippen LogP contribution in [-0.4, -0.2) is 32.2 Å². The summed E-state index contributed by atoms with van der Waals surface area (Å²) in [4.78, 5) is 12.5. The van der Waals surface area contributed by atoms with Gasteiger partial charge in [-0.1, -0.05) is 43.2 Å². The van der Waals surface area contributed by atoms with E-state index in [0.29, 0.717) is 18.7 Å². The molecule has 1 amide bonds. The van der Waals surface area contributed by atoms with Crippen LogP contribution in [0.4, 0.5) is 0 Å². The zero-order chi connectivity index (χ0) is 19.2. The van der Waals surface area contributed by atoms with Crippen molar-refractivity contribution >= 4 is 15.9 Å². The number of aryl methyl sites for hydroxylation is 1. The van der Waals surface area contributed by atoms with E-state index in [1.165, 1.54) is 16.4 Å². The second-order valence-corrected chi connectivity index (χ2v) is 8.42. The lowest BCUT2D eigenvalue weighted by atomic mass is 10.1. The topological polar surface area (TPSA) is 66.5 Å². The Bertz CT molecular complexity index is 846. The Morgan fingerprint density at radius 2 is 1.81 bits per heavy atom. The molecule has 2 aromatic rings. The van der Waals surface area contributed by atoms with E-state index in [0.717, 1.165) is 24.0 Å². The molecule has 0 spiro atoms. The molecule has 5 nitrogen and oxygen atoms in total. The van der Waals surface area contributed by atoms with Crippen molar-refractivity contribution in [2.24, 2.45) is 0 Å². The van der Waals surface area contributed by atoms with Crippen LogP contribution < -0.4 is 5.32 Å². The first-order valence-corrected chi connectivity index (χ1v) is 10.2. The van der Waals surface area contributed by atoms with Gasteiger partial charge in [-0.05, 0) is 43.2 Å². The Kier molecular flexibility index (Phi) is 6.94. The lowest BCUT2D eigenvalue weighted by molar-refractivity contribution is 0.0951. The number of nitrogens with one attached hydrogen (secondary N) is 1. The van der Waals surface area contributed by atoms with Crippen molar-refractivity contribution in [3.05, 3.63) is 65.2 Å². The molecular weight excluding hydrogens is 348 g/mol. The zero-order valence-corrected chi connectivity index (χ0v) is 16.3. The van der Waals surface area contributed by atoms with Gasteiger partial charge in [0, 0.05) is 25.7 Å². The average Bonchev–Trinajstić information content (AvgIpc) is 2.64. The summed E-state index contributed by atoms with van der Waals surface area (Å²) < 4.78 is 26.3. The summed E-state index contributed by atoms with van der Waals surface area (Å²) in [6.07, 6.45) is 1.75. The normalized spacial score (nSPS) is 11.5. The van der Waals surface area contributed by atoms with Gasteiger partial charge in [0.25, 0.3) is 5.91 Å². The lowest BCUT2D eigenvalue weighted by Crippen LogP contribution is -2.28. The van der Waals surface area contributed by atoms with Gasteiger partial charge in [-0.15, -0.1) is 0 Å². The number of benzene rings is 2. The predicted molar refractivity (Wildman–Crippen MR) is 104 cm³/mol. The lowest BCUT2D eigenvalue weighted by Gasteiger charge is -2.17. The molecule has 0 aromatic heterocycles. The maximum Gasteiger partial charge on any atom is 0.251 e. The summed E-state index contributed by atoms with van der Waals surface area (Å²) in [5.41, 5.74) is 2.60. The van der Waals surface area contributed by atoms with Crippen LogP contribution in [0.5, 0.6) is 0 Å². The van der Waals surface area contributed by atoms with Crippen molar-refractivity contribution in [3.8, 4) is 0 Å². The highest BCUT2D eigenvalue weighted by atomic mass is 32.2. The van der Waals surface area contributed by atoms with Crippen LogP contribution in [0.3, 0.4) is 0 Å². The molecule has 140 valence electrons. The molecule has 0 aliphatic carbocycles. The first kappa shape index (κ1) is 20.1. The van der Waals surface area contributed by atoms with Crippen LogP contribution in [0.15, 0.2) is 53.4 Å². The third-order valence-corrected chi connectivity index (χ3v) is 6.06. The van der Waals surface area contributed by atoms with Crippen LogP contribution in [-0.2, 0) is 16.6 Å². The molecule has 1 N–H and O–H groups in total. The zero-order valence-electron chi connectivity index (χ0n) is 15.5. The first-order chi connectivity index (χ1) is 12.3. The van der Waals surface area contributed by atoms with E-state index in [4.69, 9.17) is 0 Å². The molecule has 0 fully saturated rings. The van der Waals surface area contributed by atoms with Crippen molar-refractivity contribution in [3.63, 3.8) is 0 Å². The number of carbonyl (C=O) groups excluding carboxylic acids is 1. The summed E-state index contributed by atoms with van der Waals surface area (Å²) >= 11 is 0. The number of rotatable bonds is 8. The first-order valence-electron chi connectivity index (χ1n) is 8.74. The summed E-state index contributed by atoms with van der Waals surface area (Å²) in [7, 11) is -1.94. The summed E-state index contributed by atoms with van der Waals surface area (Å²) in [5.74, 6) is -0.227. The van der Waals surface area contributed by atoms with Gasteiger partial charge >= 0.3 is 0 Å². The minimum atomic E-state index is -3.51. The molecule has 2 aromatic carbocycles. The fraction of sp³-hybridized carbons (Fsp3) is 0.350. The van der Waals surface area contributed by atoms with Gasteiger partial charge in [-0.25, -0.2) is 12.7 Å². The minimum absolute atomic E-state index is 0.200. The van der Waals surface area contributed by atoms with Gasteiger partial charge < -0.3 is 5.32 Å². The number of amides is 1. The Labute approximate surface area is 156 Å². The second kappa shape index (κ2) is 8.96. The molecule has 0 heterocycles. The molecule has 0 atom stereocenters. The van der Waals surface area contributed by atoms with Gasteiger partial charge in [0.05, 0.1) is 4.90 Å². The summed E-state index contributed by atoms with van der Waals surface area (Å²) in [6.45, 7) is 4.94. The fourth-order valence-corrected chi connectivity index (χ4v) is 3.78. The van der Waals surface area contributed by atoms with Crippen LogP contribution in [0, 0.1) is 6.92 Å². The standard InChI is InChI=1S/C20H26N2O3S/c1-4-5-13-22(3)26(24,25)19-11-9-18(10-12-19)20(23)21-15-17-8-6-7-16(2)14-17/h6-12,14H,4-5,13,15H2,1-3H3,(H,21,23). The quantitative estimate of drug-likeness (QED) is 0.771. The van der Waals surface area contributed by atoms with E-state index in [9.17, 15) is 13.2 Å². The average molecular weight is 375 g/mol. The fourth-order valence-electron chi connectivity index (χ4n) is 2.57. The Balaban J connectivity index is 2.03. The third kappa shape index (κ3) is 5.16. The van der Waals surface area contributed by atoms with E-state index in [1.807, 2.05) is 38.1 Å². The molecule has 2 rings (SSSR count). The van der Waals surface area contributed by atoms with Crippen LogP contribution in [0.1, 0.15) is 41.3 Å². The van der Waals surface area contributed by atoms with E-state index in [2.05, 4.69) is 5.32 Å². The smallest absolute Gasteiger partial charge is 0.251 e. The molecule has 0 aliphatic rings.